The number of carbonyl (C=O) groups is 1. The number of rotatable bonds is 4. The first-order valence-corrected chi connectivity index (χ1v) is 7.88. The standard InChI is InChI=1S/C14H10BrN3O2S/c15-9-5-6-12(16-7-9)18-13(19)8-21-14-17-10-3-1-2-4-11(10)20-14/h1-7H,8H2,(H,16,18,19). The molecule has 1 aromatic carbocycles. The molecule has 7 heteroatoms. The lowest BCUT2D eigenvalue weighted by molar-refractivity contribution is -0.113. The predicted octanol–water partition coefficient (Wildman–Crippen LogP) is 3.72. The van der Waals surface area contributed by atoms with Gasteiger partial charge in [-0.15, -0.1) is 0 Å². The Morgan fingerprint density at radius 3 is 2.90 bits per heavy atom. The molecule has 21 heavy (non-hydrogen) atoms. The van der Waals surface area contributed by atoms with Crippen LogP contribution in [0.2, 0.25) is 0 Å². The number of amides is 1. The molecule has 3 aromatic rings. The Kier molecular flexibility index (Phi) is 4.21. The molecule has 0 saturated carbocycles. The highest BCUT2D eigenvalue weighted by atomic mass is 79.9. The molecular formula is C14H10BrN3O2S. The summed E-state index contributed by atoms with van der Waals surface area (Å²) in [5.74, 6) is 0.573. The van der Waals surface area contributed by atoms with Crippen molar-refractivity contribution in [3.8, 4) is 0 Å². The van der Waals surface area contributed by atoms with Crippen molar-refractivity contribution in [3.63, 3.8) is 0 Å². The summed E-state index contributed by atoms with van der Waals surface area (Å²) in [4.78, 5) is 20.2. The molecule has 0 radical (unpaired) electrons. The van der Waals surface area contributed by atoms with Crippen LogP contribution in [0.5, 0.6) is 0 Å². The van der Waals surface area contributed by atoms with Gasteiger partial charge in [-0.2, -0.15) is 0 Å². The summed E-state index contributed by atoms with van der Waals surface area (Å²) in [6, 6.07) is 11.0. The molecule has 2 aromatic heterocycles. The molecule has 106 valence electrons. The number of nitrogens with one attached hydrogen (secondary N) is 1. The monoisotopic (exact) mass is 363 g/mol. The summed E-state index contributed by atoms with van der Waals surface area (Å²) >= 11 is 4.54. The van der Waals surface area contributed by atoms with Gasteiger partial charge < -0.3 is 9.73 Å². The first-order valence-electron chi connectivity index (χ1n) is 6.10. The number of carbonyl (C=O) groups excluding carboxylic acids is 1. The zero-order valence-electron chi connectivity index (χ0n) is 10.7. The fourth-order valence-electron chi connectivity index (χ4n) is 1.67. The van der Waals surface area contributed by atoms with E-state index in [2.05, 4.69) is 31.2 Å². The van der Waals surface area contributed by atoms with Crippen molar-refractivity contribution in [1.82, 2.24) is 9.97 Å². The lowest BCUT2D eigenvalue weighted by Gasteiger charge is -2.02. The van der Waals surface area contributed by atoms with Gasteiger partial charge in [-0.3, -0.25) is 4.79 Å². The van der Waals surface area contributed by atoms with Crippen LogP contribution in [0, 0.1) is 0 Å². The summed E-state index contributed by atoms with van der Waals surface area (Å²) in [6.07, 6.45) is 1.63. The van der Waals surface area contributed by atoms with Crippen molar-refractivity contribution in [2.24, 2.45) is 0 Å². The summed E-state index contributed by atoms with van der Waals surface area (Å²) in [6.45, 7) is 0. The molecule has 0 atom stereocenters. The third kappa shape index (κ3) is 3.62. The van der Waals surface area contributed by atoms with Crippen molar-refractivity contribution < 1.29 is 9.21 Å². The van der Waals surface area contributed by atoms with E-state index >= 15 is 0 Å². The number of anilines is 1. The summed E-state index contributed by atoms with van der Waals surface area (Å²) < 4.78 is 6.40. The Morgan fingerprint density at radius 1 is 1.29 bits per heavy atom. The number of halogens is 1. The quantitative estimate of drug-likeness (QED) is 0.715. The number of fused-ring (bicyclic) bond motifs is 1. The van der Waals surface area contributed by atoms with Crippen LogP contribution in [0.15, 0.2) is 56.7 Å². The first kappa shape index (κ1) is 14.1. The van der Waals surface area contributed by atoms with E-state index in [-0.39, 0.29) is 11.7 Å². The highest BCUT2D eigenvalue weighted by Crippen LogP contribution is 2.23. The molecule has 3 rings (SSSR count). The Morgan fingerprint density at radius 2 is 2.14 bits per heavy atom. The van der Waals surface area contributed by atoms with Gasteiger partial charge in [-0.25, -0.2) is 9.97 Å². The largest absolute Gasteiger partial charge is 0.431 e. The predicted molar refractivity (Wildman–Crippen MR) is 85.3 cm³/mol. The maximum atomic E-state index is 11.8. The van der Waals surface area contributed by atoms with Crippen molar-refractivity contribution in [3.05, 3.63) is 47.1 Å². The van der Waals surface area contributed by atoms with Crippen molar-refractivity contribution in [2.45, 2.75) is 5.22 Å². The second kappa shape index (κ2) is 6.28. The number of para-hydroxylation sites is 2. The fraction of sp³-hybridized carbons (Fsp3) is 0.0714. The van der Waals surface area contributed by atoms with Gasteiger partial charge in [0.15, 0.2) is 5.58 Å². The molecule has 0 aliphatic heterocycles. The summed E-state index contributed by atoms with van der Waals surface area (Å²) in [5, 5.41) is 3.19. The fourth-order valence-corrected chi connectivity index (χ4v) is 2.54. The van der Waals surface area contributed by atoms with Gasteiger partial charge in [-0.1, -0.05) is 23.9 Å². The molecular weight excluding hydrogens is 354 g/mol. The molecule has 0 saturated heterocycles. The smallest absolute Gasteiger partial charge is 0.257 e. The molecule has 0 aliphatic rings. The van der Waals surface area contributed by atoms with E-state index in [1.807, 2.05) is 30.3 Å². The zero-order valence-corrected chi connectivity index (χ0v) is 13.1. The Hall–Kier alpha value is -1.86. The highest BCUT2D eigenvalue weighted by Gasteiger charge is 2.09. The summed E-state index contributed by atoms with van der Waals surface area (Å²) in [7, 11) is 0. The average Bonchev–Trinajstić information content (AvgIpc) is 2.90. The Labute approximate surface area is 133 Å². The van der Waals surface area contributed by atoms with Gasteiger partial charge in [0.2, 0.25) is 5.91 Å². The zero-order chi connectivity index (χ0) is 14.7. The molecule has 5 nitrogen and oxygen atoms in total. The number of pyridine rings is 1. The van der Waals surface area contributed by atoms with Gasteiger partial charge >= 0.3 is 0 Å². The van der Waals surface area contributed by atoms with Crippen LogP contribution in [0.4, 0.5) is 5.82 Å². The van der Waals surface area contributed by atoms with Crippen molar-refractivity contribution in [1.29, 1.82) is 0 Å². The summed E-state index contributed by atoms with van der Waals surface area (Å²) in [5.41, 5.74) is 1.50. The second-order valence-corrected chi connectivity index (χ2v) is 5.99. The average molecular weight is 364 g/mol. The molecule has 1 N–H and O–H groups in total. The number of thioether (sulfide) groups is 1. The van der Waals surface area contributed by atoms with Crippen LogP contribution in [0.3, 0.4) is 0 Å². The SMILES string of the molecule is O=C(CSc1nc2ccccc2o1)Nc1ccc(Br)cn1. The van der Waals surface area contributed by atoms with Gasteiger partial charge in [-0.05, 0) is 40.2 Å². The third-order valence-electron chi connectivity index (χ3n) is 2.60. The number of aromatic nitrogens is 2. The maximum absolute atomic E-state index is 11.8. The van der Waals surface area contributed by atoms with Gasteiger partial charge in [0.05, 0.1) is 5.75 Å². The van der Waals surface area contributed by atoms with Crippen molar-refractivity contribution in [2.75, 3.05) is 11.1 Å². The lowest BCUT2D eigenvalue weighted by Crippen LogP contribution is -2.14. The van der Waals surface area contributed by atoms with E-state index in [1.54, 1.807) is 12.3 Å². The normalized spacial score (nSPS) is 10.7. The van der Waals surface area contributed by atoms with Crippen LogP contribution in [-0.4, -0.2) is 21.6 Å². The van der Waals surface area contributed by atoms with E-state index in [1.165, 1.54) is 11.8 Å². The van der Waals surface area contributed by atoms with Crippen LogP contribution < -0.4 is 5.32 Å². The Bertz CT molecular complexity index is 740. The van der Waals surface area contributed by atoms with Crippen LogP contribution in [0.1, 0.15) is 0 Å². The van der Waals surface area contributed by atoms with Crippen molar-refractivity contribution >= 4 is 50.5 Å². The van der Waals surface area contributed by atoms with Gasteiger partial charge in [0.25, 0.3) is 5.22 Å². The topological polar surface area (TPSA) is 68.0 Å². The van der Waals surface area contributed by atoms with Crippen LogP contribution >= 0.6 is 27.7 Å². The van der Waals surface area contributed by atoms with Gasteiger partial charge in [0.1, 0.15) is 11.3 Å². The van der Waals surface area contributed by atoms with E-state index in [0.29, 0.717) is 11.0 Å². The number of oxazole rings is 1. The second-order valence-electron chi connectivity index (χ2n) is 4.15. The molecule has 1 amide bonds. The molecule has 0 aliphatic carbocycles. The minimum Gasteiger partial charge on any atom is -0.431 e. The van der Waals surface area contributed by atoms with Crippen LogP contribution in [0.25, 0.3) is 11.1 Å². The third-order valence-corrected chi connectivity index (χ3v) is 3.89. The first-order chi connectivity index (χ1) is 10.2. The minimum atomic E-state index is -0.155. The highest BCUT2D eigenvalue weighted by molar-refractivity contribution is 9.10. The Balaban J connectivity index is 1.59. The lowest BCUT2D eigenvalue weighted by atomic mass is 10.3. The molecule has 0 bridgehead atoms. The van der Waals surface area contributed by atoms with E-state index < -0.39 is 0 Å². The van der Waals surface area contributed by atoms with Gasteiger partial charge in [0, 0.05) is 10.7 Å². The number of nitrogens with zero attached hydrogens (tertiary/aromatic N) is 2. The number of hydrogen-bond donors (Lipinski definition) is 1. The van der Waals surface area contributed by atoms with E-state index in [9.17, 15) is 4.79 Å². The number of hydrogen-bond acceptors (Lipinski definition) is 5. The molecule has 0 fully saturated rings. The van der Waals surface area contributed by atoms with E-state index in [4.69, 9.17) is 4.42 Å². The number of benzene rings is 1. The maximum Gasteiger partial charge on any atom is 0.257 e. The van der Waals surface area contributed by atoms with Crippen LogP contribution in [-0.2, 0) is 4.79 Å². The molecule has 0 spiro atoms. The minimum absolute atomic E-state index is 0.155. The molecule has 0 unspecified atom stereocenters. The van der Waals surface area contributed by atoms with E-state index in [0.717, 1.165) is 15.6 Å². The molecule has 2 heterocycles.